The van der Waals surface area contributed by atoms with Crippen molar-refractivity contribution in [2.45, 2.75) is 124 Å². The number of phenolic OH excluding ortho intramolecular Hbond substituents is 1. The van der Waals surface area contributed by atoms with Gasteiger partial charge in [0.05, 0.1) is 34.9 Å². The molecule has 8 N–H and O–H groups in total. The van der Waals surface area contributed by atoms with E-state index in [9.17, 15) is 30.6 Å². The summed E-state index contributed by atoms with van der Waals surface area (Å²) in [6.45, 7) is 0.0881. The average molecular weight is 857 g/mol. The van der Waals surface area contributed by atoms with Crippen molar-refractivity contribution in [2.24, 2.45) is 35.0 Å². The second-order valence-corrected chi connectivity index (χ2v) is 20.8. The summed E-state index contributed by atoms with van der Waals surface area (Å²) in [7, 11) is 1.92. The molecule has 3 heterocycles. The van der Waals surface area contributed by atoms with Gasteiger partial charge >= 0.3 is 5.97 Å². The number of rotatable bonds is 5. The number of aliphatic hydroxyl groups excluding tert-OH is 2. The number of aliphatic hydroxyl groups is 5. The molecule has 2 spiro atoms. The van der Waals surface area contributed by atoms with Crippen LogP contribution in [0.15, 0.2) is 66.7 Å². The van der Waals surface area contributed by atoms with Crippen LogP contribution in [0.4, 0.5) is 0 Å². The van der Waals surface area contributed by atoms with Crippen molar-refractivity contribution < 1.29 is 49.6 Å². The molecule has 5 saturated carbocycles. The van der Waals surface area contributed by atoms with E-state index >= 15 is 4.79 Å². The Kier molecular flexibility index (Phi) is 8.13. The van der Waals surface area contributed by atoms with E-state index in [0.29, 0.717) is 43.1 Å². The SMILES string of the molecule is CNC[C@@H]1C[C@@H]2[C@@H](O[C@H]3[C@H](C(=O)Oc4c(CO)[nH]c5ccc6cc7ccccc7cc6c45)O[C@@]4(O)[C@H](O)CC[C@@H]2[C@@]34O)[C@]23CC[C@@H]4CC[C@H]5C[C@H](CC[C@@]12O)c1cc(O)ccc1[C@@]453. The van der Waals surface area contributed by atoms with E-state index in [1.54, 1.807) is 6.07 Å². The van der Waals surface area contributed by atoms with Crippen molar-refractivity contribution in [1.29, 1.82) is 0 Å². The van der Waals surface area contributed by atoms with Gasteiger partial charge in [-0.1, -0.05) is 36.4 Å². The first-order chi connectivity index (χ1) is 30.4. The van der Waals surface area contributed by atoms with Gasteiger partial charge in [0, 0.05) is 29.2 Å². The topological polar surface area (TPSA) is 194 Å². The van der Waals surface area contributed by atoms with Crippen molar-refractivity contribution in [1.82, 2.24) is 10.3 Å². The molecule has 12 heteroatoms. The number of aromatic nitrogens is 1. The Morgan fingerprint density at radius 2 is 1.70 bits per heavy atom. The number of carbonyl (C=O) groups is 1. The number of ether oxygens (including phenoxy) is 3. The molecule has 0 unspecified atom stereocenters. The Morgan fingerprint density at radius 3 is 2.51 bits per heavy atom. The minimum absolute atomic E-state index is 0.116. The summed E-state index contributed by atoms with van der Waals surface area (Å²) >= 11 is 0. The predicted molar refractivity (Wildman–Crippen MR) is 232 cm³/mol. The first-order valence-corrected chi connectivity index (χ1v) is 23.4. The van der Waals surface area contributed by atoms with Crippen LogP contribution in [0, 0.1) is 35.0 Å². The van der Waals surface area contributed by atoms with Gasteiger partial charge in [-0.05, 0) is 158 Å². The van der Waals surface area contributed by atoms with Crippen LogP contribution < -0.4 is 10.1 Å². The van der Waals surface area contributed by atoms with E-state index in [4.69, 9.17) is 14.2 Å². The van der Waals surface area contributed by atoms with E-state index in [1.807, 2.05) is 55.6 Å². The lowest BCUT2D eigenvalue weighted by molar-refractivity contribution is -0.380. The van der Waals surface area contributed by atoms with Gasteiger partial charge in [-0.15, -0.1) is 0 Å². The fourth-order valence-electron chi connectivity index (χ4n) is 16.9. The minimum atomic E-state index is -2.56. The number of benzene rings is 4. The van der Waals surface area contributed by atoms with E-state index in [0.717, 1.165) is 53.6 Å². The fraction of sp³-hybridized carbons (Fsp3) is 0.549. The highest BCUT2D eigenvalue weighted by Crippen LogP contribution is 2.81. The third kappa shape index (κ3) is 4.53. The zero-order valence-corrected chi connectivity index (χ0v) is 35.4. The van der Waals surface area contributed by atoms with Crippen LogP contribution in [0.1, 0.15) is 86.9 Å². The van der Waals surface area contributed by atoms with Gasteiger partial charge in [0.1, 0.15) is 18.0 Å². The van der Waals surface area contributed by atoms with Crippen molar-refractivity contribution in [3.8, 4) is 11.5 Å². The number of aromatic hydroxyl groups is 1. The zero-order valence-electron chi connectivity index (χ0n) is 35.4. The first kappa shape index (κ1) is 39.3. The molecule has 2 aliphatic heterocycles. The summed E-state index contributed by atoms with van der Waals surface area (Å²) < 4.78 is 20.3. The average Bonchev–Trinajstić information content (AvgIpc) is 3.99. The molecule has 0 radical (unpaired) electrons. The largest absolute Gasteiger partial charge is 0.508 e. The number of nitrogens with one attached hydrogen (secondary N) is 2. The lowest BCUT2D eigenvalue weighted by atomic mass is 9.36. The number of carbonyl (C=O) groups excluding carboxylic acids is 1. The molecule has 8 aliphatic rings. The molecule has 15 atom stereocenters. The first-order valence-electron chi connectivity index (χ1n) is 23.4. The van der Waals surface area contributed by atoms with Gasteiger partial charge in [-0.3, -0.25) is 0 Å². The van der Waals surface area contributed by atoms with E-state index in [2.05, 4.69) is 22.4 Å². The van der Waals surface area contributed by atoms with Crippen LogP contribution in [-0.2, 0) is 26.3 Å². The molecular formula is C51H56N2O10. The monoisotopic (exact) mass is 856 g/mol. The highest BCUT2D eigenvalue weighted by molar-refractivity contribution is 6.14. The summed E-state index contributed by atoms with van der Waals surface area (Å²) in [5, 5.41) is 81.1. The van der Waals surface area contributed by atoms with Gasteiger partial charge in [-0.2, -0.15) is 0 Å². The predicted octanol–water partition coefficient (Wildman–Crippen LogP) is 5.55. The zero-order chi connectivity index (χ0) is 43.0. The second-order valence-electron chi connectivity index (χ2n) is 20.8. The van der Waals surface area contributed by atoms with Gasteiger partial charge in [0.2, 0.25) is 5.79 Å². The molecule has 63 heavy (non-hydrogen) atoms. The summed E-state index contributed by atoms with van der Waals surface area (Å²) in [6, 6.07) is 21.9. The molecule has 4 aromatic carbocycles. The van der Waals surface area contributed by atoms with Gasteiger partial charge in [0.25, 0.3) is 0 Å². The Balaban J connectivity index is 0.981. The maximum absolute atomic E-state index is 15.1. The van der Waals surface area contributed by atoms with Gasteiger partial charge in [-0.25, -0.2) is 4.79 Å². The molecule has 7 fully saturated rings. The molecule has 13 rings (SSSR count). The summed E-state index contributed by atoms with van der Waals surface area (Å²) in [5.74, 6) is -3.63. The van der Waals surface area contributed by atoms with E-state index in [-0.39, 0.29) is 53.2 Å². The fourth-order valence-corrected chi connectivity index (χ4v) is 16.9. The number of aromatic amines is 1. The van der Waals surface area contributed by atoms with Crippen LogP contribution in [0.25, 0.3) is 32.4 Å². The molecular weight excluding hydrogens is 801 g/mol. The van der Waals surface area contributed by atoms with Gasteiger partial charge < -0.3 is 55.2 Å². The molecule has 0 amide bonds. The number of hydrogen-bond acceptors (Lipinski definition) is 11. The van der Waals surface area contributed by atoms with Crippen LogP contribution >= 0.6 is 0 Å². The number of esters is 1. The van der Waals surface area contributed by atoms with Crippen molar-refractivity contribution >= 4 is 38.4 Å². The number of H-pyrrole nitrogens is 1. The Hall–Kier alpha value is -4.11. The van der Waals surface area contributed by atoms with Gasteiger partial charge in [0.15, 0.2) is 17.5 Å². The number of phenols is 1. The standard InChI is InChI=1S/C51H56N2O10/c1-52-23-31-21-35-37-11-13-40(56)51(60)50(37,59)45(43(63-51)46(57)61-42-39(24-54)53-38-12-6-27-18-25-4-2-3-5-26(25)20-34(27)41(38)42)62-44(35)47-16-15-29-7-8-30-19-28(14-17-48(31,47)58)33-22-32(55)9-10-36(33)49(29,30)47/h2-6,9-10,12,18,20,22,28-31,35,37,40,43-45,52-56,58-60H,7-8,11,13-17,19,21,23-24H2,1H3/t28-,29-,30-,31-,35-,37-,40+,43+,44+,45-,47+,48+,49+,50+,51-/m0/s1. The second kappa shape index (κ2) is 13.0. The number of fused-ring (bicyclic) bond motifs is 9. The maximum atomic E-state index is 15.1. The van der Waals surface area contributed by atoms with E-state index in [1.165, 1.54) is 11.1 Å². The smallest absolute Gasteiger partial charge is 0.343 e. The number of hydrogen-bond donors (Lipinski definition) is 8. The highest BCUT2D eigenvalue weighted by Gasteiger charge is 2.85. The molecule has 6 aliphatic carbocycles. The Labute approximate surface area is 364 Å². The molecule has 330 valence electrons. The summed E-state index contributed by atoms with van der Waals surface area (Å²) in [6.07, 6.45) is 1.58. The van der Waals surface area contributed by atoms with E-state index < -0.39 is 70.7 Å². The van der Waals surface area contributed by atoms with Crippen LogP contribution in [0.3, 0.4) is 0 Å². The molecule has 2 bridgehead atoms. The maximum Gasteiger partial charge on any atom is 0.343 e. The molecule has 12 nitrogen and oxygen atoms in total. The Bertz CT molecular complexity index is 2760. The molecule has 1 aromatic heterocycles. The lowest BCUT2D eigenvalue weighted by Gasteiger charge is -2.72. The summed E-state index contributed by atoms with van der Waals surface area (Å²) in [4.78, 5) is 18.3. The van der Waals surface area contributed by atoms with Crippen molar-refractivity contribution in [3.05, 3.63) is 83.6 Å². The van der Waals surface area contributed by atoms with Crippen molar-refractivity contribution in [3.63, 3.8) is 0 Å². The van der Waals surface area contributed by atoms with Crippen LogP contribution in [0.5, 0.6) is 11.5 Å². The molecule has 2 saturated heterocycles. The Morgan fingerprint density at radius 1 is 0.889 bits per heavy atom. The third-order valence-corrected chi connectivity index (χ3v) is 18.9. The molecule has 5 aromatic rings. The summed E-state index contributed by atoms with van der Waals surface area (Å²) in [5.41, 5.74) is -1.45. The normalized spacial score (nSPS) is 43.0. The quantitative estimate of drug-likeness (QED) is 0.0817. The van der Waals surface area contributed by atoms with Crippen LogP contribution in [-0.4, -0.2) is 96.6 Å². The highest BCUT2D eigenvalue weighted by atomic mass is 16.7. The van der Waals surface area contributed by atoms with Crippen molar-refractivity contribution in [2.75, 3.05) is 13.6 Å². The van der Waals surface area contributed by atoms with Crippen LogP contribution in [0.2, 0.25) is 0 Å². The minimum Gasteiger partial charge on any atom is -0.508 e. The lowest BCUT2D eigenvalue weighted by Crippen LogP contribution is -2.81. The third-order valence-electron chi connectivity index (χ3n) is 18.9.